The standard InChI is InChI=1S/C15H17N3O3/c1-3-21-15(20)18-12-7-4-6-11(10(12)2)17-14(19)13-8-5-9-16-13/h4-9,16H,3H2,1-2H3,(H,17,19)(H,18,20). The molecule has 6 heteroatoms. The summed E-state index contributed by atoms with van der Waals surface area (Å²) in [5, 5.41) is 5.44. The summed E-state index contributed by atoms with van der Waals surface area (Å²) in [5.41, 5.74) is 2.45. The molecule has 2 amide bonds. The monoisotopic (exact) mass is 287 g/mol. The zero-order valence-electron chi connectivity index (χ0n) is 11.9. The van der Waals surface area contributed by atoms with Crippen LogP contribution in [0, 0.1) is 6.92 Å². The largest absolute Gasteiger partial charge is 0.450 e. The highest BCUT2D eigenvalue weighted by atomic mass is 16.5. The Kier molecular flexibility index (Phi) is 4.61. The number of carbonyl (C=O) groups is 2. The van der Waals surface area contributed by atoms with Gasteiger partial charge < -0.3 is 15.0 Å². The molecule has 2 rings (SSSR count). The summed E-state index contributed by atoms with van der Waals surface area (Å²) in [6.45, 7) is 3.85. The number of amides is 2. The first-order valence-electron chi connectivity index (χ1n) is 6.60. The maximum atomic E-state index is 12.0. The van der Waals surface area contributed by atoms with E-state index in [0.29, 0.717) is 23.7 Å². The van der Waals surface area contributed by atoms with Crippen LogP contribution in [0.25, 0.3) is 0 Å². The molecular formula is C15H17N3O3. The predicted molar refractivity (Wildman–Crippen MR) is 80.6 cm³/mol. The number of nitrogens with one attached hydrogen (secondary N) is 3. The number of aromatic amines is 1. The van der Waals surface area contributed by atoms with E-state index in [2.05, 4.69) is 15.6 Å². The smallest absolute Gasteiger partial charge is 0.411 e. The maximum absolute atomic E-state index is 12.0. The summed E-state index contributed by atoms with van der Waals surface area (Å²) < 4.78 is 4.84. The van der Waals surface area contributed by atoms with E-state index in [9.17, 15) is 9.59 Å². The van der Waals surface area contributed by atoms with Gasteiger partial charge in [-0.05, 0) is 43.7 Å². The van der Waals surface area contributed by atoms with Crippen molar-refractivity contribution in [3.8, 4) is 0 Å². The van der Waals surface area contributed by atoms with Crippen LogP contribution in [0.5, 0.6) is 0 Å². The van der Waals surface area contributed by atoms with Crippen LogP contribution in [-0.4, -0.2) is 23.6 Å². The molecule has 0 fully saturated rings. The van der Waals surface area contributed by atoms with Gasteiger partial charge in [0.05, 0.1) is 6.61 Å². The molecule has 0 bridgehead atoms. The fraction of sp³-hybridized carbons (Fsp3) is 0.200. The van der Waals surface area contributed by atoms with Gasteiger partial charge in [0.1, 0.15) is 5.69 Å². The van der Waals surface area contributed by atoms with E-state index in [1.807, 2.05) is 6.92 Å². The molecule has 0 saturated heterocycles. The van der Waals surface area contributed by atoms with Crippen molar-refractivity contribution in [1.29, 1.82) is 0 Å². The van der Waals surface area contributed by atoms with Crippen molar-refractivity contribution in [3.05, 3.63) is 47.8 Å². The number of H-pyrrole nitrogens is 1. The molecule has 0 spiro atoms. The lowest BCUT2D eigenvalue weighted by Gasteiger charge is -2.13. The van der Waals surface area contributed by atoms with Gasteiger partial charge in [0.2, 0.25) is 0 Å². The second-order valence-corrected chi connectivity index (χ2v) is 4.36. The molecule has 0 aliphatic heterocycles. The Morgan fingerprint density at radius 3 is 2.48 bits per heavy atom. The molecule has 0 atom stereocenters. The second kappa shape index (κ2) is 6.60. The van der Waals surface area contributed by atoms with Crippen LogP contribution in [0.2, 0.25) is 0 Å². The molecule has 0 unspecified atom stereocenters. The van der Waals surface area contributed by atoms with Gasteiger partial charge in [-0.2, -0.15) is 0 Å². The van der Waals surface area contributed by atoms with Crippen molar-refractivity contribution >= 4 is 23.4 Å². The molecule has 0 aliphatic carbocycles. The minimum atomic E-state index is -0.520. The summed E-state index contributed by atoms with van der Waals surface area (Å²) in [7, 11) is 0. The Morgan fingerprint density at radius 2 is 1.86 bits per heavy atom. The lowest BCUT2D eigenvalue weighted by atomic mass is 10.1. The number of carbonyl (C=O) groups excluding carboxylic acids is 2. The normalized spacial score (nSPS) is 10.0. The van der Waals surface area contributed by atoms with E-state index >= 15 is 0 Å². The Bertz CT molecular complexity index is 636. The summed E-state index contributed by atoms with van der Waals surface area (Å²) in [4.78, 5) is 26.3. The van der Waals surface area contributed by atoms with Gasteiger partial charge in [0.25, 0.3) is 5.91 Å². The molecule has 3 N–H and O–H groups in total. The minimum Gasteiger partial charge on any atom is -0.450 e. The predicted octanol–water partition coefficient (Wildman–Crippen LogP) is 3.14. The lowest BCUT2D eigenvalue weighted by molar-refractivity contribution is 0.102. The molecule has 6 nitrogen and oxygen atoms in total. The van der Waals surface area contributed by atoms with E-state index in [-0.39, 0.29) is 5.91 Å². The molecule has 21 heavy (non-hydrogen) atoms. The first-order valence-corrected chi connectivity index (χ1v) is 6.60. The first-order chi connectivity index (χ1) is 10.1. The number of rotatable bonds is 4. The Hall–Kier alpha value is -2.76. The third-order valence-corrected chi connectivity index (χ3v) is 2.94. The fourth-order valence-corrected chi connectivity index (χ4v) is 1.84. The van der Waals surface area contributed by atoms with Crippen LogP contribution in [0.1, 0.15) is 23.0 Å². The van der Waals surface area contributed by atoms with Crippen molar-refractivity contribution < 1.29 is 14.3 Å². The summed E-state index contributed by atoms with van der Waals surface area (Å²) in [6, 6.07) is 8.70. The SMILES string of the molecule is CCOC(=O)Nc1cccc(NC(=O)c2ccc[nH]2)c1C. The van der Waals surface area contributed by atoms with Gasteiger partial charge in [-0.25, -0.2) is 4.79 Å². The Balaban J connectivity index is 2.14. The summed E-state index contributed by atoms with van der Waals surface area (Å²) in [5.74, 6) is -0.239. The third kappa shape index (κ3) is 3.62. The summed E-state index contributed by atoms with van der Waals surface area (Å²) in [6.07, 6.45) is 1.16. The van der Waals surface area contributed by atoms with Crippen molar-refractivity contribution in [2.24, 2.45) is 0 Å². The van der Waals surface area contributed by atoms with Gasteiger partial charge in [0.15, 0.2) is 0 Å². The molecule has 1 aromatic carbocycles. The first kappa shape index (κ1) is 14.6. The van der Waals surface area contributed by atoms with Crippen LogP contribution in [0.4, 0.5) is 16.2 Å². The second-order valence-electron chi connectivity index (χ2n) is 4.36. The number of hydrogen-bond donors (Lipinski definition) is 3. The molecule has 2 aromatic rings. The van der Waals surface area contributed by atoms with E-state index in [4.69, 9.17) is 4.74 Å². The van der Waals surface area contributed by atoms with Crippen molar-refractivity contribution in [2.75, 3.05) is 17.2 Å². The van der Waals surface area contributed by atoms with Crippen LogP contribution < -0.4 is 10.6 Å². The molecule has 1 heterocycles. The van der Waals surface area contributed by atoms with Gasteiger partial charge in [-0.1, -0.05) is 6.07 Å². The van der Waals surface area contributed by atoms with Crippen LogP contribution in [0.15, 0.2) is 36.5 Å². The minimum absolute atomic E-state index is 0.239. The van der Waals surface area contributed by atoms with E-state index in [0.717, 1.165) is 5.56 Å². The lowest BCUT2D eigenvalue weighted by Crippen LogP contribution is -2.16. The van der Waals surface area contributed by atoms with Crippen molar-refractivity contribution in [3.63, 3.8) is 0 Å². The van der Waals surface area contributed by atoms with E-state index in [1.165, 1.54) is 0 Å². The van der Waals surface area contributed by atoms with E-state index < -0.39 is 6.09 Å². The molecule has 0 aliphatic rings. The number of hydrogen-bond acceptors (Lipinski definition) is 3. The average molecular weight is 287 g/mol. The van der Waals surface area contributed by atoms with Crippen LogP contribution in [0.3, 0.4) is 0 Å². The quantitative estimate of drug-likeness (QED) is 0.807. The van der Waals surface area contributed by atoms with Gasteiger partial charge in [-0.15, -0.1) is 0 Å². The molecule has 0 saturated carbocycles. The van der Waals surface area contributed by atoms with Crippen molar-refractivity contribution in [1.82, 2.24) is 4.98 Å². The number of aromatic nitrogens is 1. The molecule has 110 valence electrons. The average Bonchev–Trinajstić information content (AvgIpc) is 2.97. The zero-order valence-corrected chi connectivity index (χ0v) is 11.9. The Labute approximate surface area is 122 Å². The highest BCUT2D eigenvalue weighted by molar-refractivity contribution is 6.04. The maximum Gasteiger partial charge on any atom is 0.411 e. The van der Waals surface area contributed by atoms with E-state index in [1.54, 1.807) is 43.5 Å². The van der Waals surface area contributed by atoms with Gasteiger partial charge in [-0.3, -0.25) is 10.1 Å². The molecular weight excluding hydrogens is 270 g/mol. The fourth-order valence-electron chi connectivity index (χ4n) is 1.84. The van der Waals surface area contributed by atoms with Gasteiger partial charge in [0, 0.05) is 17.6 Å². The number of benzene rings is 1. The highest BCUT2D eigenvalue weighted by Crippen LogP contribution is 2.23. The van der Waals surface area contributed by atoms with Crippen molar-refractivity contribution in [2.45, 2.75) is 13.8 Å². The van der Waals surface area contributed by atoms with Crippen LogP contribution in [-0.2, 0) is 4.74 Å². The number of anilines is 2. The topological polar surface area (TPSA) is 83.2 Å². The molecule has 1 aromatic heterocycles. The zero-order chi connectivity index (χ0) is 15.2. The number of ether oxygens (including phenoxy) is 1. The third-order valence-electron chi connectivity index (χ3n) is 2.94. The van der Waals surface area contributed by atoms with Gasteiger partial charge >= 0.3 is 6.09 Å². The Morgan fingerprint density at radius 1 is 1.14 bits per heavy atom. The van der Waals surface area contributed by atoms with Crippen LogP contribution >= 0.6 is 0 Å². The summed E-state index contributed by atoms with van der Waals surface area (Å²) >= 11 is 0. The molecule has 0 radical (unpaired) electrons. The highest BCUT2D eigenvalue weighted by Gasteiger charge is 2.11.